The molecule has 0 atom stereocenters. The predicted molar refractivity (Wildman–Crippen MR) is 44.4 cm³/mol. The molecule has 0 spiro atoms. The maximum absolute atomic E-state index is 12.9. The Kier molecular flexibility index (Phi) is 2.83. The van der Waals surface area contributed by atoms with E-state index in [9.17, 15) is 13.2 Å². The molecule has 0 aliphatic carbocycles. The quantitative estimate of drug-likeness (QED) is 0.796. The summed E-state index contributed by atoms with van der Waals surface area (Å²) in [6.45, 7) is -0.893. The van der Waals surface area contributed by atoms with E-state index in [0.29, 0.717) is 0 Å². The predicted octanol–water partition coefficient (Wildman–Crippen LogP) is 2.53. The molecule has 0 heterocycles. The van der Waals surface area contributed by atoms with E-state index in [1.165, 1.54) is 6.07 Å². The molecule has 0 saturated carbocycles. The van der Waals surface area contributed by atoms with E-state index in [1.54, 1.807) is 0 Å². The molecule has 0 radical (unpaired) electrons. The van der Waals surface area contributed by atoms with Crippen LogP contribution < -0.4 is 5.73 Å². The van der Waals surface area contributed by atoms with Crippen molar-refractivity contribution in [3.63, 3.8) is 0 Å². The Morgan fingerprint density at radius 1 is 1.38 bits per heavy atom. The highest BCUT2D eigenvalue weighted by Gasteiger charge is 2.32. The second-order valence-corrected chi connectivity index (χ2v) is 2.89. The highest BCUT2D eigenvalue weighted by Crippen LogP contribution is 2.33. The van der Waals surface area contributed by atoms with Gasteiger partial charge in [-0.15, -0.1) is 0 Å². The van der Waals surface area contributed by atoms with Crippen LogP contribution in [0.25, 0.3) is 0 Å². The lowest BCUT2D eigenvalue weighted by atomic mass is 10.1. The molecule has 72 valence electrons. The molecule has 0 fully saturated rings. The Bertz CT molecular complexity index is 314. The minimum atomic E-state index is -3.28. The van der Waals surface area contributed by atoms with Crippen LogP contribution in [-0.2, 0) is 5.92 Å². The average molecular weight is 210 g/mol. The molecule has 0 unspecified atom stereocenters. The van der Waals surface area contributed by atoms with Crippen LogP contribution in [0.3, 0.4) is 0 Å². The van der Waals surface area contributed by atoms with E-state index in [2.05, 4.69) is 0 Å². The largest absolute Gasteiger partial charge is 0.325 e. The molecule has 0 aromatic heterocycles. The zero-order valence-corrected chi connectivity index (χ0v) is 7.28. The van der Waals surface area contributed by atoms with Gasteiger partial charge in [-0.2, -0.15) is 8.78 Å². The summed E-state index contributed by atoms with van der Waals surface area (Å²) in [5.41, 5.74) is 4.25. The highest BCUT2D eigenvalue weighted by atomic mass is 35.5. The molecular weight excluding hydrogens is 203 g/mol. The van der Waals surface area contributed by atoms with Gasteiger partial charge in [0.2, 0.25) is 0 Å². The summed E-state index contributed by atoms with van der Waals surface area (Å²) in [5, 5.41) is -0.571. The monoisotopic (exact) mass is 209 g/mol. The summed E-state index contributed by atoms with van der Waals surface area (Å²) in [5.74, 6) is -4.15. The molecule has 1 nitrogen and oxygen atoms in total. The van der Waals surface area contributed by atoms with Crippen molar-refractivity contribution in [2.45, 2.75) is 5.92 Å². The number of benzene rings is 1. The van der Waals surface area contributed by atoms with E-state index in [4.69, 9.17) is 17.3 Å². The van der Waals surface area contributed by atoms with E-state index in [1.807, 2.05) is 0 Å². The average Bonchev–Trinajstić information content (AvgIpc) is 2.09. The van der Waals surface area contributed by atoms with Crippen molar-refractivity contribution in [1.82, 2.24) is 0 Å². The van der Waals surface area contributed by atoms with Gasteiger partial charge >= 0.3 is 0 Å². The van der Waals surface area contributed by atoms with Gasteiger partial charge in [-0.1, -0.05) is 23.7 Å². The van der Waals surface area contributed by atoms with Crippen LogP contribution in [0.1, 0.15) is 5.56 Å². The van der Waals surface area contributed by atoms with Crippen LogP contribution in [0.15, 0.2) is 18.2 Å². The van der Waals surface area contributed by atoms with Gasteiger partial charge in [0.05, 0.1) is 11.6 Å². The van der Waals surface area contributed by atoms with Gasteiger partial charge in [0.25, 0.3) is 5.92 Å². The van der Waals surface area contributed by atoms with Gasteiger partial charge in [0, 0.05) is 5.56 Å². The second-order valence-electron chi connectivity index (χ2n) is 2.51. The van der Waals surface area contributed by atoms with Gasteiger partial charge in [-0.05, 0) is 6.07 Å². The smallest absolute Gasteiger partial charge is 0.286 e. The minimum absolute atomic E-state index is 0.571. The maximum Gasteiger partial charge on any atom is 0.286 e. The molecular formula is C8H7ClF3N. The normalized spacial score (nSPS) is 11.8. The van der Waals surface area contributed by atoms with Crippen LogP contribution in [-0.4, -0.2) is 6.54 Å². The summed E-state index contributed by atoms with van der Waals surface area (Å²) >= 11 is 5.35. The first-order chi connectivity index (χ1) is 5.99. The van der Waals surface area contributed by atoms with Crippen molar-refractivity contribution >= 4 is 11.6 Å². The van der Waals surface area contributed by atoms with Gasteiger partial charge in [0.1, 0.15) is 5.82 Å². The Labute approximate surface area is 78.3 Å². The number of halogens is 4. The standard InChI is InChI=1S/C8H7ClF3N/c9-7-5(8(11,12)4-13)2-1-3-6(7)10/h1-3H,4,13H2. The van der Waals surface area contributed by atoms with Crippen LogP contribution >= 0.6 is 11.6 Å². The zero-order valence-electron chi connectivity index (χ0n) is 6.53. The van der Waals surface area contributed by atoms with E-state index < -0.39 is 28.9 Å². The first-order valence-electron chi connectivity index (χ1n) is 3.51. The topological polar surface area (TPSA) is 26.0 Å². The molecule has 1 aromatic rings. The van der Waals surface area contributed by atoms with Gasteiger partial charge in [0.15, 0.2) is 0 Å². The first kappa shape index (κ1) is 10.3. The molecule has 2 N–H and O–H groups in total. The lowest BCUT2D eigenvalue weighted by Gasteiger charge is -2.15. The van der Waals surface area contributed by atoms with Crippen LogP contribution in [0.2, 0.25) is 5.02 Å². The molecule has 5 heteroatoms. The summed E-state index contributed by atoms with van der Waals surface area (Å²) < 4.78 is 38.6. The minimum Gasteiger partial charge on any atom is -0.325 e. The van der Waals surface area contributed by atoms with Crippen LogP contribution in [0.5, 0.6) is 0 Å². The van der Waals surface area contributed by atoms with Crippen molar-refractivity contribution in [3.8, 4) is 0 Å². The molecule has 0 amide bonds. The SMILES string of the molecule is NCC(F)(F)c1cccc(F)c1Cl. The van der Waals surface area contributed by atoms with Crippen LogP contribution in [0, 0.1) is 5.82 Å². The van der Waals surface area contributed by atoms with E-state index in [0.717, 1.165) is 12.1 Å². The molecule has 0 bridgehead atoms. The van der Waals surface area contributed by atoms with Gasteiger partial charge < -0.3 is 5.73 Å². The third-order valence-corrected chi connectivity index (χ3v) is 1.99. The third kappa shape index (κ3) is 1.95. The van der Waals surface area contributed by atoms with Crippen LogP contribution in [0.4, 0.5) is 13.2 Å². The number of nitrogens with two attached hydrogens (primary N) is 1. The summed E-state index contributed by atoms with van der Waals surface area (Å²) in [6.07, 6.45) is 0. The molecule has 0 aliphatic heterocycles. The molecule has 1 aromatic carbocycles. The Morgan fingerprint density at radius 2 is 2.00 bits per heavy atom. The lowest BCUT2D eigenvalue weighted by Crippen LogP contribution is -2.25. The van der Waals surface area contributed by atoms with Crippen molar-refractivity contribution in [2.24, 2.45) is 5.73 Å². The molecule has 1 rings (SSSR count). The summed E-state index contributed by atoms with van der Waals surface area (Å²) in [6, 6.07) is 3.23. The lowest BCUT2D eigenvalue weighted by molar-refractivity contribution is 0.00577. The fraction of sp³-hybridized carbons (Fsp3) is 0.250. The zero-order chi connectivity index (χ0) is 10.1. The van der Waals surface area contributed by atoms with Crippen molar-refractivity contribution in [1.29, 1.82) is 0 Å². The maximum atomic E-state index is 12.9. The summed E-state index contributed by atoms with van der Waals surface area (Å²) in [4.78, 5) is 0. The fourth-order valence-electron chi connectivity index (χ4n) is 0.896. The van der Waals surface area contributed by atoms with Crippen molar-refractivity contribution in [2.75, 3.05) is 6.54 Å². The van der Waals surface area contributed by atoms with Gasteiger partial charge in [-0.25, -0.2) is 4.39 Å². The van der Waals surface area contributed by atoms with E-state index >= 15 is 0 Å². The Hall–Kier alpha value is -0.740. The van der Waals surface area contributed by atoms with Gasteiger partial charge in [-0.3, -0.25) is 0 Å². The second kappa shape index (κ2) is 3.55. The molecule has 0 saturated heterocycles. The van der Waals surface area contributed by atoms with Crippen molar-refractivity contribution in [3.05, 3.63) is 34.6 Å². The Balaban J connectivity index is 3.22. The number of rotatable bonds is 2. The fourth-order valence-corrected chi connectivity index (χ4v) is 1.16. The molecule has 13 heavy (non-hydrogen) atoms. The summed E-state index contributed by atoms with van der Waals surface area (Å²) in [7, 11) is 0. The highest BCUT2D eigenvalue weighted by molar-refractivity contribution is 6.31. The third-order valence-electron chi connectivity index (χ3n) is 1.60. The van der Waals surface area contributed by atoms with E-state index in [-0.39, 0.29) is 0 Å². The number of hydrogen-bond acceptors (Lipinski definition) is 1. The number of alkyl halides is 2. The number of hydrogen-bond donors (Lipinski definition) is 1. The van der Waals surface area contributed by atoms with Crippen molar-refractivity contribution < 1.29 is 13.2 Å². The first-order valence-corrected chi connectivity index (χ1v) is 3.89. The Morgan fingerprint density at radius 3 is 2.54 bits per heavy atom. The molecule has 0 aliphatic rings.